The van der Waals surface area contributed by atoms with E-state index in [9.17, 15) is 8.42 Å². The van der Waals surface area contributed by atoms with Crippen molar-refractivity contribution in [1.29, 1.82) is 0 Å². The molecule has 2 heterocycles. The molecule has 5 aromatic rings. The van der Waals surface area contributed by atoms with Crippen LogP contribution in [0.25, 0.3) is 28.2 Å². The van der Waals surface area contributed by atoms with Gasteiger partial charge in [0.25, 0.3) is 10.0 Å². The van der Waals surface area contributed by atoms with Crippen molar-refractivity contribution in [2.75, 3.05) is 4.72 Å². The maximum absolute atomic E-state index is 13.0. The number of nitrogens with one attached hydrogen (secondary N) is 1. The van der Waals surface area contributed by atoms with Crippen LogP contribution in [0.1, 0.15) is 0 Å². The summed E-state index contributed by atoms with van der Waals surface area (Å²) < 4.78 is 30.6. The summed E-state index contributed by atoms with van der Waals surface area (Å²) in [5.74, 6) is 0.603. The van der Waals surface area contributed by atoms with E-state index in [1.807, 2.05) is 59.2 Å². The molecule has 0 unspecified atom stereocenters. The zero-order chi connectivity index (χ0) is 21.3. The molecule has 0 amide bonds. The van der Waals surface area contributed by atoms with E-state index in [2.05, 4.69) is 9.71 Å². The summed E-state index contributed by atoms with van der Waals surface area (Å²) in [6.45, 7) is 0. The number of anilines is 1. The molecule has 31 heavy (non-hydrogen) atoms. The Morgan fingerprint density at radius 2 is 1.42 bits per heavy atom. The standard InChI is InChI=1S/C24H18N4O2S/c29-31(30,19-12-5-2-6-13-19)27-21-15-8-7-14-20(21)23-26-22-16-9-17-25-24(22)28(23)18-10-3-1-4-11-18/h1-17,27H. The maximum Gasteiger partial charge on any atom is 0.261 e. The molecule has 0 radical (unpaired) electrons. The number of hydrogen-bond acceptors (Lipinski definition) is 4. The summed E-state index contributed by atoms with van der Waals surface area (Å²) in [6.07, 6.45) is 1.72. The lowest BCUT2D eigenvalue weighted by Crippen LogP contribution is -2.14. The average Bonchev–Trinajstić information content (AvgIpc) is 3.20. The minimum absolute atomic E-state index is 0.197. The predicted molar refractivity (Wildman–Crippen MR) is 122 cm³/mol. The first-order chi connectivity index (χ1) is 15.1. The molecule has 0 aliphatic carbocycles. The zero-order valence-corrected chi connectivity index (χ0v) is 17.2. The van der Waals surface area contributed by atoms with Gasteiger partial charge in [0, 0.05) is 17.4 Å². The van der Waals surface area contributed by atoms with Crippen molar-refractivity contribution >= 4 is 26.9 Å². The van der Waals surface area contributed by atoms with Gasteiger partial charge in [-0.2, -0.15) is 0 Å². The van der Waals surface area contributed by atoms with Crippen LogP contribution in [0.15, 0.2) is 108 Å². The van der Waals surface area contributed by atoms with Gasteiger partial charge in [0.15, 0.2) is 5.65 Å². The molecule has 5 rings (SSSR count). The Hall–Kier alpha value is -3.97. The second kappa shape index (κ2) is 7.70. The predicted octanol–water partition coefficient (Wildman–Crippen LogP) is 4.89. The molecule has 152 valence electrons. The highest BCUT2D eigenvalue weighted by atomic mass is 32.2. The lowest BCUT2D eigenvalue weighted by Gasteiger charge is -2.14. The Morgan fingerprint density at radius 3 is 2.19 bits per heavy atom. The Morgan fingerprint density at radius 1 is 0.742 bits per heavy atom. The van der Waals surface area contributed by atoms with E-state index in [1.54, 1.807) is 48.7 Å². The number of nitrogens with zero attached hydrogens (tertiary/aromatic N) is 3. The summed E-state index contributed by atoms with van der Waals surface area (Å²) >= 11 is 0. The van der Waals surface area contributed by atoms with Gasteiger partial charge in [0.2, 0.25) is 0 Å². The summed E-state index contributed by atoms with van der Waals surface area (Å²) in [5.41, 5.74) is 3.41. The highest BCUT2D eigenvalue weighted by molar-refractivity contribution is 7.92. The Balaban J connectivity index is 1.70. The number of para-hydroxylation sites is 2. The van der Waals surface area contributed by atoms with Crippen LogP contribution < -0.4 is 4.72 Å². The van der Waals surface area contributed by atoms with Crippen LogP contribution in [0.3, 0.4) is 0 Å². The van der Waals surface area contributed by atoms with Crippen molar-refractivity contribution in [2.24, 2.45) is 0 Å². The number of aromatic nitrogens is 3. The lowest BCUT2D eigenvalue weighted by atomic mass is 10.1. The molecule has 3 aromatic carbocycles. The molecule has 0 spiro atoms. The second-order valence-electron chi connectivity index (χ2n) is 6.92. The van der Waals surface area contributed by atoms with Crippen LogP contribution in [-0.4, -0.2) is 23.0 Å². The van der Waals surface area contributed by atoms with Crippen LogP contribution in [0.4, 0.5) is 5.69 Å². The van der Waals surface area contributed by atoms with E-state index >= 15 is 0 Å². The maximum atomic E-state index is 13.0. The third-order valence-electron chi connectivity index (χ3n) is 4.90. The SMILES string of the molecule is O=S(=O)(Nc1ccccc1-c1nc2cccnc2n1-c1ccccc1)c1ccccc1. The normalized spacial score (nSPS) is 11.5. The highest BCUT2D eigenvalue weighted by Crippen LogP contribution is 2.33. The molecule has 0 saturated heterocycles. The summed E-state index contributed by atoms with van der Waals surface area (Å²) in [5, 5.41) is 0. The summed E-state index contributed by atoms with van der Waals surface area (Å²) in [6, 6.07) is 29.0. The number of rotatable bonds is 5. The third-order valence-corrected chi connectivity index (χ3v) is 6.28. The Kier molecular flexibility index (Phi) is 4.72. The molecule has 0 saturated carbocycles. The average molecular weight is 427 g/mol. The Bertz CT molecular complexity index is 1460. The van der Waals surface area contributed by atoms with E-state index in [0.717, 1.165) is 11.2 Å². The van der Waals surface area contributed by atoms with E-state index < -0.39 is 10.0 Å². The quantitative estimate of drug-likeness (QED) is 0.434. The number of pyridine rings is 1. The highest BCUT2D eigenvalue weighted by Gasteiger charge is 2.20. The van der Waals surface area contributed by atoms with Crippen LogP contribution in [0.2, 0.25) is 0 Å². The van der Waals surface area contributed by atoms with Gasteiger partial charge in [-0.15, -0.1) is 0 Å². The number of benzene rings is 3. The van der Waals surface area contributed by atoms with Gasteiger partial charge in [-0.1, -0.05) is 48.5 Å². The van der Waals surface area contributed by atoms with Gasteiger partial charge in [-0.05, 0) is 48.5 Å². The molecule has 0 aliphatic rings. The van der Waals surface area contributed by atoms with Gasteiger partial charge in [-0.25, -0.2) is 18.4 Å². The molecular weight excluding hydrogens is 408 g/mol. The van der Waals surface area contributed by atoms with Gasteiger partial charge in [0.1, 0.15) is 11.3 Å². The summed E-state index contributed by atoms with van der Waals surface area (Å²) in [7, 11) is -3.75. The molecule has 0 fully saturated rings. The van der Waals surface area contributed by atoms with E-state index in [0.29, 0.717) is 22.7 Å². The van der Waals surface area contributed by atoms with Crippen molar-refractivity contribution in [2.45, 2.75) is 4.90 Å². The Labute approximate surface area is 179 Å². The van der Waals surface area contributed by atoms with Crippen LogP contribution in [0.5, 0.6) is 0 Å². The second-order valence-corrected chi connectivity index (χ2v) is 8.60. The number of hydrogen-bond donors (Lipinski definition) is 1. The number of sulfonamides is 1. The minimum Gasteiger partial charge on any atom is -0.279 e. The van der Waals surface area contributed by atoms with Crippen molar-refractivity contribution in [3.05, 3.63) is 103 Å². The van der Waals surface area contributed by atoms with Gasteiger partial charge < -0.3 is 0 Å². The third kappa shape index (κ3) is 3.55. The molecule has 1 N–H and O–H groups in total. The van der Waals surface area contributed by atoms with Crippen LogP contribution >= 0.6 is 0 Å². The molecule has 0 bridgehead atoms. The largest absolute Gasteiger partial charge is 0.279 e. The summed E-state index contributed by atoms with van der Waals surface area (Å²) in [4.78, 5) is 9.50. The smallest absolute Gasteiger partial charge is 0.261 e. The van der Waals surface area contributed by atoms with E-state index in [1.165, 1.54) is 0 Å². The fourth-order valence-corrected chi connectivity index (χ4v) is 4.59. The van der Waals surface area contributed by atoms with Gasteiger partial charge in [-0.3, -0.25) is 9.29 Å². The first-order valence-electron chi connectivity index (χ1n) is 9.70. The first-order valence-corrected chi connectivity index (χ1v) is 11.2. The van der Waals surface area contributed by atoms with E-state index in [4.69, 9.17) is 4.98 Å². The van der Waals surface area contributed by atoms with Crippen LogP contribution in [0, 0.1) is 0 Å². The molecule has 0 atom stereocenters. The molecule has 6 nitrogen and oxygen atoms in total. The molecular formula is C24H18N4O2S. The molecule has 2 aromatic heterocycles. The lowest BCUT2D eigenvalue weighted by molar-refractivity contribution is 0.601. The number of imidazole rings is 1. The van der Waals surface area contributed by atoms with Crippen molar-refractivity contribution < 1.29 is 8.42 Å². The van der Waals surface area contributed by atoms with Crippen molar-refractivity contribution in [3.63, 3.8) is 0 Å². The van der Waals surface area contributed by atoms with E-state index in [-0.39, 0.29) is 4.90 Å². The van der Waals surface area contributed by atoms with Gasteiger partial charge >= 0.3 is 0 Å². The van der Waals surface area contributed by atoms with Gasteiger partial charge in [0.05, 0.1) is 10.6 Å². The molecule has 7 heteroatoms. The van der Waals surface area contributed by atoms with Crippen LogP contribution in [-0.2, 0) is 10.0 Å². The fraction of sp³-hybridized carbons (Fsp3) is 0. The fourth-order valence-electron chi connectivity index (χ4n) is 3.49. The van der Waals surface area contributed by atoms with Crippen molar-refractivity contribution in [1.82, 2.24) is 14.5 Å². The monoisotopic (exact) mass is 426 g/mol. The first kappa shape index (κ1) is 19.0. The topological polar surface area (TPSA) is 76.9 Å². The zero-order valence-electron chi connectivity index (χ0n) is 16.4. The van der Waals surface area contributed by atoms with Crippen molar-refractivity contribution in [3.8, 4) is 17.1 Å². The minimum atomic E-state index is -3.75. The number of fused-ring (bicyclic) bond motifs is 1. The molecule has 0 aliphatic heterocycles.